The number of carbonyl (C=O) groups is 3. The van der Waals surface area contributed by atoms with E-state index in [0.29, 0.717) is 25.9 Å². The van der Waals surface area contributed by atoms with Crippen LogP contribution in [0, 0.1) is 5.92 Å². The summed E-state index contributed by atoms with van der Waals surface area (Å²) in [5.41, 5.74) is 4.69. The number of likely N-dealkylation sites (tertiary alicyclic amines) is 1. The normalized spacial score (nSPS) is 17.8. The molecule has 7 nitrogen and oxygen atoms in total. The molecular formula is C26H30N2O5. The van der Waals surface area contributed by atoms with Gasteiger partial charge in [0.05, 0.1) is 0 Å². The van der Waals surface area contributed by atoms with Crippen LogP contribution in [0.3, 0.4) is 0 Å². The van der Waals surface area contributed by atoms with E-state index in [1.807, 2.05) is 31.2 Å². The zero-order valence-corrected chi connectivity index (χ0v) is 18.8. The molecule has 0 radical (unpaired) electrons. The van der Waals surface area contributed by atoms with Gasteiger partial charge in [0.15, 0.2) is 0 Å². The van der Waals surface area contributed by atoms with Gasteiger partial charge in [0.1, 0.15) is 6.61 Å². The second-order valence-electron chi connectivity index (χ2n) is 9.00. The lowest BCUT2D eigenvalue weighted by Gasteiger charge is -2.19. The molecule has 2 amide bonds. The number of rotatable bonds is 8. The minimum Gasteiger partial charge on any atom is -0.481 e. The van der Waals surface area contributed by atoms with E-state index in [1.54, 1.807) is 4.90 Å². The monoisotopic (exact) mass is 450 g/mol. The third kappa shape index (κ3) is 5.35. The van der Waals surface area contributed by atoms with E-state index in [4.69, 9.17) is 9.84 Å². The lowest BCUT2D eigenvalue weighted by molar-refractivity contribution is -0.138. The van der Waals surface area contributed by atoms with Gasteiger partial charge in [-0.2, -0.15) is 0 Å². The van der Waals surface area contributed by atoms with E-state index in [0.717, 1.165) is 17.5 Å². The third-order valence-corrected chi connectivity index (χ3v) is 6.60. The SMILES string of the molecule is CC(CCC(=O)N1CCC(CC(=O)O)C1)NC(=O)OCC1c2ccccc2-c2ccccc21. The first-order chi connectivity index (χ1) is 15.9. The number of carboxylic acid groups (broad SMARTS) is 1. The molecule has 7 heteroatoms. The highest BCUT2D eigenvalue weighted by atomic mass is 16.5. The summed E-state index contributed by atoms with van der Waals surface area (Å²) >= 11 is 0. The number of amides is 2. The number of carboxylic acids is 1. The van der Waals surface area contributed by atoms with Crippen molar-refractivity contribution < 1.29 is 24.2 Å². The Hall–Kier alpha value is -3.35. The minimum absolute atomic E-state index is 0.00377. The van der Waals surface area contributed by atoms with E-state index in [1.165, 1.54) is 11.1 Å². The lowest BCUT2D eigenvalue weighted by Crippen LogP contribution is -2.35. The molecule has 0 spiro atoms. The van der Waals surface area contributed by atoms with Crippen LogP contribution in [0.4, 0.5) is 4.79 Å². The Balaban J connectivity index is 1.23. The second kappa shape index (κ2) is 10.1. The van der Waals surface area contributed by atoms with Gasteiger partial charge in [-0.3, -0.25) is 9.59 Å². The van der Waals surface area contributed by atoms with Crippen LogP contribution in [0.2, 0.25) is 0 Å². The van der Waals surface area contributed by atoms with Gasteiger partial charge in [-0.25, -0.2) is 4.79 Å². The number of fused-ring (bicyclic) bond motifs is 3. The highest BCUT2D eigenvalue weighted by molar-refractivity contribution is 5.79. The summed E-state index contributed by atoms with van der Waals surface area (Å²) in [7, 11) is 0. The number of nitrogens with zero attached hydrogens (tertiary/aromatic N) is 1. The van der Waals surface area contributed by atoms with Crippen LogP contribution in [-0.4, -0.2) is 53.7 Å². The van der Waals surface area contributed by atoms with Gasteiger partial charge in [-0.1, -0.05) is 48.5 Å². The Morgan fingerprint density at radius 1 is 1.09 bits per heavy atom. The van der Waals surface area contributed by atoms with Crippen molar-refractivity contribution in [2.45, 2.75) is 44.6 Å². The van der Waals surface area contributed by atoms with Gasteiger partial charge < -0.3 is 20.1 Å². The fraction of sp³-hybridized carbons (Fsp3) is 0.423. The Morgan fingerprint density at radius 2 is 1.73 bits per heavy atom. The van der Waals surface area contributed by atoms with Crippen molar-refractivity contribution in [2.24, 2.45) is 5.92 Å². The molecule has 2 aliphatic rings. The molecule has 0 bridgehead atoms. The summed E-state index contributed by atoms with van der Waals surface area (Å²) < 4.78 is 5.57. The molecule has 33 heavy (non-hydrogen) atoms. The summed E-state index contributed by atoms with van der Waals surface area (Å²) in [5, 5.41) is 11.7. The summed E-state index contributed by atoms with van der Waals surface area (Å²) in [6.07, 6.45) is 1.16. The third-order valence-electron chi connectivity index (χ3n) is 6.60. The summed E-state index contributed by atoms with van der Waals surface area (Å²) in [5.74, 6) is -0.781. The van der Waals surface area contributed by atoms with Crippen molar-refractivity contribution in [3.63, 3.8) is 0 Å². The largest absolute Gasteiger partial charge is 0.481 e. The van der Waals surface area contributed by atoms with Gasteiger partial charge in [-0.15, -0.1) is 0 Å². The Labute approximate surface area is 193 Å². The molecule has 2 unspecified atom stereocenters. The molecule has 2 N–H and O–H groups in total. The molecule has 2 atom stereocenters. The minimum atomic E-state index is -0.824. The van der Waals surface area contributed by atoms with E-state index < -0.39 is 12.1 Å². The van der Waals surface area contributed by atoms with E-state index in [-0.39, 0.29) is 36.8 Å². The average molecular weight is 451 g/mol. The quantitative estimate of drug-likeness (QED) is 0.633. The summed E-state index contributed by atoms with van der Waals surface area (Å²) in [4.78, 5) is 37.4. The molecule has 0 aromatic heterocycles. The first-order valence-corrected chi connectivity index (χ1v) is 11.5. The van der Waals surface area contributed by atoms with Crippen LogP contribution in [0.25, 0.3) is 11.1 Å². The molecule has 1 heterocycles. The van der Waals surface area contributed by atoms with Gasteiger partial charge in [0.25, 0.3) is 0 Å². The number of carbonyl (C=O) groups excluding carboxylic acids is 2. The van der Waals surface area contributed by atoms with Crippen molar-refractivity contribution in [2.75, 3.05) is 19.7 Å². The fourth-order valence-electron chi connectivity index (χ4n) is 4.88. The Morgan fingerprint density at radius 3 is 2.36 bits per heavy atom. The molecule has 1 fully saturated rings. The zero-order valence-electron chi connectivity index (χ0n) is 18.8. The van der Waals surface area contributed by atoms with Crippen LogP contribution in [0.15, 0.2) is 48.5 Å². The number of hydrogen-bond acceptors (Lipinski definition) is 4. The maximum absolute atomic E-state index is 12.4. The average Bonchev–Trinajstić information content (AvgIpc) is 3.38. The van der Waals surface area contributed by atoms with Crippen LogP contribution >= 0.6 is 0 Å². The van der Waals surface area contributed by atoms with E-state index in [2.05, 4.69) is 29.6 Å². The predicted octanol–water partition coefficient (Wildman–Crippen LogP) is 4.02. The van der Waals surface area contributed by atoms with Crippen LogP contribution < -0.4 is 5.32 Å². The molecule has 1 aliphatic carbocycles. The van der Waals surface area contributed by atoms with Crippen molar-refractivity contribution in [1.29, 1.82) is 0 Å². The number of aliphatic carboxylic acids is 1. The fourth-order valence-corrected chi connectivity index (χ4v) is 4.88. The van der Waals surface area contributed by atoms with Crippen molar-refractivity contribution >= 4 is 18.0 Å². The first-order valence-electron chi connectivity index (χ1n) is 11.5. The smallest absolute Gasteiger partial charge is 0.407 e. The molecule has 2 aromatic rings. The summed E-state index contributed by atoms with van der Waals surface area (Å²) in [6, 6.07) is 16.2. The highest BCUT2D eigenvalue weighted by Gasteiger charge is 2.30. The number of nitrogens with one attached hydrogen (secondary N) is 1. The topological polar surface area (TPSA) is 95.9 Å². The van der Waals surface area contributed by atoms with Gasteiger partial charge >= 0.3 is 12.1 Å². The highest BCUT2D eigenvalue weighted by Crippen LogP contribution is 2.44. The lowest BCUT2D eigenvalue weighted by atomic mass is 9.98. The number of benzene rings is 2. The first kappa shape index (κ1) is 22.8. The van der Waals surface area contributed by atoms with E-state index in [9.17, 15) is 14.4 Å². The van der Waals surface area contributed by atoms with Gasteiger partial charge in [0, 0.05) is 37.9 Å². The van der Waals surface area contributed by atoms with Crippen molar-refractivity contribution in [1.82, 2.24) is 10.2 Å². The zero-order chi connectivity index (χ0) is 23.4. The standard InChI is InChI=1S/C26H30N2O5/c1-17(10-11-24(29)28-13-12-18(15-28)14-25(30)31)27-26(32)33-16-23-21-8-4-2-6-19(21)20-7-3-5-9-22(20)23/h2-9,17-18,23H,10-16H2,1H3,(H,27,32)(H,30,31). The molecule has 1 aliphatic heterocycles. The Bertz CT molecular complexity index is 991. The van der Waals surface area contributed by atoms with E-state index >= 15 is 0 Å². The van der Waals surface area contributed by atoms with Crippen molar-refractivity contribution in [3.8, 4) is 11.1 Å². The maximum Gasteiger partial charge on any atom is 0.407 e. The summed E-state index contributed by atoms with van der Waals surface area (Å²) in [6.45, 7) is 3.21. The number of alkyl carbamates (subject to hydrolysis) is 1. The van der Waals surface area contributed by atoms with Crippen LogP contribution in [0.5, 0.6) is 0 Å². The molecule has 1 saturated heterocycles. The van der Waals surface area contributed by atoms with Crippen LogP contribution in [0.1, 0.15) is 49.7 Å². The Kier molecular flexibility index (Phi) is 6.96. The number of hydrogen-bond donors (Lipinski definition) is 2. The van der Waals surface area contributed by atoms with Crippen LogP contribution in [-0.2, 0) is 14.3 Å². The molecule has 4 rings (SSSR count). The van der Waals surface area contributed by atoms with Gasteiger partial charge in [0.2, 0.25) is 5.91 Å². The predicted molar refractivity (Wildman–Crippen MR) is 124 cm³/mol. The molecule has 0 saturated carbocycles. The number of ether oxygens (including phenoxy) is 1. The molecule has 2 aromatic carbocycles. The molecular weight excluding hydrogens is 420 g/mol. The maximum atomic E-state index is 12.4. The molecule has 174 valence electrons. The van der Waals surface area contributed by atoms with Crippen molar-refractivity contribution in [3.05, 3.63) is 59.7 Å². The second-order valence-corrected chi connectivity index (χ2v) is 9.00. The van der Waals surface area contributed by atoms with Gasteiger partial charge in [-0.05, 0) is 47.9 Å².